The number of anilines is 1. The Balaban J connectivity index is 1.46. The minimum Gasteiger partial charge on any atom is -0.397 e. The van der Waals surface area contributed by atoms with Gasteiger partial charge in [-0.1, -0.05) is 48.5 Å². The molecule has 6 rings (SSSR count). The Morgan fingerprint density at radius 3 is 2.55 bits per heavy atom. The van der Waals surface area contributed by atoms with Crippen LogP contribution in [0.4, 0.5) is 5.69 Å². The number of nitrogens with one attached hydrogen (secondary N) is 1. The first kappa shape index (κ1) is 19.9. The number of imidazole rings is 1. The van der Waals surface area contributed by atoms with Gasteiger partial charge in [0.05, 0.1) is 28.1 Å². The molecule has 3 N–H and O–H groups in total. The fraction of sp³-hybridized carbons (Fsp3) is 0.214. The average Bonchev–Trinajstić information content (AvgIpc) is 3.24. The van der Waals surface area contributed by atoms with Crippen molar-refractivity contribution in [3.63, 3.8) is 0 Å². The summed E-state index contributed by atoms with van der Waals surface area (Å²) < 4.78 is 2.19. The molecule has 0 spiro atoms. The van der Waals surface area contributed by atoms with Gasteiger partial charge >= 0.3 is 0 Å². The molecule has 5 heteroatoms. The van der Waals surface area contributed by atoms with Crippen LogP contribution in [-0.2, 0) is 6.42 Å². The lowest BCUT2D eigenvalue weighted by atomic mass is 9.94. The lowest BCUT2D eigenvalue weighted by Gasteiger charge is -2.21. The summed E-state index contributed by atoms with van der Waals surface area (Å²) in [7, 11) is 0. The molecular formula is C28H27N5. The zero-order valence-corrected chi connectivity index (χ0v) is 18.5. The van der Waals surface area contributed by atoms with Gasteiger partial charge in [-0.25, -0.2) is 9.97 Å². The molecule has 0 amide bonds. The maximum Gasteiger partial charge on any atom is 0.114 e. The summed E-state index contributed by atoms with van der Waals surface area (Å²) in [6.07, 6.45) is 5.44. The molecule has 0 unspecified atom stereocenters. The SMILES string of the molecule is Nc1cccn2c(CC3CCNCC3)nc(-c3ccc4ccc(-c5ccccc5)nc4c3)c12. The van der Waals surface area contributed by atoms with E-state index in [4.69, 9.17) is 15.7 Å². The van der Waals surface area contributed by atoms with Gasteiger partial charge in [-0.15, -0.1) is 0 Å². The molecule has 0 radical (unpaired) electrons. The molecule has 5 aromatic rings. The third-order valence-electron chi connectivity index (χ3n) is 6.73. The van der Waals surface area contributed by atoms with Crippen molar-refractivity contribution in [1.82, 2.24) is 19.7 Å². The monoisotopic (exact) mass is 433 g/mol. The fourth-order valence-corrected chi connectivity index (χ4v) is 4.95. The molecular weight excluding hydrogens is 406 g/mol. The standard InChI is InChI=1S/C28H27N5/c29-23-7-4-16-33-26(17-19-12-14-30-15-13-19)32-27(28(23)33)22-9-8-21-10-11-24(31-25(21)18-22)20-5-2-1-3-6-20/h1-11,16,18-19,30H,12-15,17,29H2. The second-order valence-corrected chi connectivity index (χ2v) is 8.93. The molecule has 33 heavy (non-hydrogen) atoms. The van der Waals surface area contributed by atoms with Crippen molar-refractivity contribution >= 4 is 22.1 Å². The first-order valence-corrected chi connectivity index (χ1v) is 11.7. The Bertz CT molecular complexity index is 1430. The number of nitrogens with zero attached hydrogens (tertiary/aromatic N) is 3. The Kier molecular flexibility index (Phi) is 5.04. The number of benzene rings is 2. The number of piperidine rings is 1. The van der Waals surface area contributed by atoms with Gasteiger partial charge in [-0.3, -0.25) is 0 Å². The highest BCUT2D eigenvalue weighted by Gasteiger charge is 2.20. The number of hydrogen-bond acceptors (Lipinski definition) is 4. The molecule has 0 saturated carbocycles. The number of nitrogen functional groups attached to an aromatic ring is 1. The molecule has 0 aliphatic carbocycles. The summed E-state index contributed by atoms with van der Waals surface area (Å²) in [6, 6.07) is 24.9. The van der Waals surface area contributed by atoms with Gasteiger partial charge in [0.25, 0.3) is 0 Å². The summed E-state index contributed by atoms with van der Waals surface area (Å²) in [5.41, 5.74) is 13.2. The van der Waals surface area contributed by atoms with Crippen molar-refractivity contribution < 1.29 is 0 Å². The highest BCUT2D eigenvalue weighted by molar-refractivity contribution is 5.92. The van der Waals surface area contributed by atoms with Crippen LogP contribution in [0.15, 0.2) is 79.0 Å². The van der Waals surface area contributed by atoms with Gasteiger partial charge < -0.3 is 15.5 Å². The van der Waals surface area contributed by atoms with E-state index in [0.717, 1.165) is 70.0 Å². The lowest BCUT2D eigenvalue weighted by Crippen LogP contribution is -2.29. The van der Waals surface area contributed by atoms with Crippen LogP contribution >= 0.6 is 0 Å². The second kappa shape index (κ2) is 8.34. The number of rotatable bonds is 4. The Hall–Kier alpha value is -3.70. The minimum atomic E-state index is 0.651. The van der Waals surface area contributed by atoms with Crippen molar-refractivity contribution in [2.75, 3.05) is 18.8 Å². The molecule has 1 saturated heterocycles. The number of fused-ring (bicyclic) bond motifs is 2. The maximum absolute atomic E-state index is 6.47. The summed E-state index contributed by atoms with van der Waals surface area (Å²) in [5, 5.41) is 4.57. The van der Waals surface area contributed by atoms with Crippen LogP contribution in [0.5, 0.6) is 0 Å². The highest BCUT2D eigenvalue weighted by Crippen LogP contribution is 2.32. The van der Waals surface area contributed by atoms with E-state index in [0.29, 0.717) is 5.92 Å². The zero-order chi connectivity index (χ0) is 22.2. The molecule has 5 nitrogen and oxygen atoms in total. The van der Waals surface area contributed by atoms with Crippen LogP contribution in [0.3, 0.4) is 0 Å². The maximum atomic E-state index is 6.47. The molecule has 1 fully saturated rings. The average molecular weight is 434 g/mol. The molecule has 2 aromatic carbocycles. The van der Waals surface area contributed by atoms with Gasteiger partial charge in [-0.05, 0) is 56.1 Å². The number of pyridine rings is 2. The number of hydrogen-bond donors (Lipinski definition) is 2. The molecule has 0 bridgehead atoms. The first-order chi connectivity index (χ1) is 16.3. The van der Waals surface area contributed by atoms with E-state index in [9.17, 15) is 0 Å². The largest absolute Gasteiger partial charge is 0.397 e. The predicted octanol–water partition coefficient (Wildman–Crippen LogP) is 5.34. The van der Waals surface area contributed by atoms with Crippen molar-refractivity contribution in [3.8, 4) is 22.5 Å². The van der Waals surface area contributed by atoms with Gasteiger partial charge in [0, 0.05) is 29.1 Å². The van der Waals surface area contributed by atoms with E-state index >= 15 is 0 Å². The highest BCUT2D eigenvalue weighted by atomic mass is 15.0. The first-order valence-electron chi connectivity index (χ1n) is 11.7. The van der Waals surface area contributed by atoms with Gasteiger partial charge in [0.15, 0.2) is 0 Å². The third-order valence-corrected chi connectivity index (χ3v) is 6.73. The van der Waals surface area contributed by atoms with E-state index in [-0.39, 0.29) is 0 Å². The minimum absolute atomic E-state index is 0.651. The molecule has 164 valence electrons. The summed E-state index contributed by atoms with van der Waals surface area (Å²) in [6.45, 7) is 2.17. The molecule has 4 heterocycles. The van der Waals surface area contributed by atoms with E-state index in [2.05, 4.69) is 58.4 Å². The van der Waals surface area contributed by atoms with E-state index in [1.165, 1.54) is 12.8 Å². The van der Waals surface area contributed by atoms with Crippen LogP contribution in [0.2, 0.25) is 0 Å². The molecule has 1 aliphatic rings. The number of aromatic nitrogens is 3. The zero-order valence-electron chi connectivity index (χ0n) is 18.5. The van der Waals surface area contributed by atoms with Crippen molar-refractivity contribution in [3.05, 3.63) is 84.8 Å². The lowest BCUT2D eigenvalue weighted by molar-refractivity contribution is 0.367. The topological polar surface area (TPSA) is 68.2 Å². The van der Waals surface area contributed by atoms with E-state index in [1.807, 2.05) is 30.3 Å². The summed E-state index contributed by atoms with van der Waals surface area (Å²) in [5.74, 6) is 1.74. The van der Waals surface area contributed by atoms with Crippen LogP contribution in [0, 0.1) is 5.92 Å². The quantitative estimate of drug-likeness (QED) is 0.401. The summed E-state index contributed by atoms with van der Waals surface area (Å²) >= 11 is 0. The Morgan fingerprint density at radius 1 is 0.879 bits per heavy atom. The smallest absolute Gasteiger partial charge is 0.114 e. The fourth-order valence-electron chi connectivity index (χ4n) is 4.95. The van der Waals surface area contributed by atoms with Gasteiger partial charge in [0.2, 0.25) is 0 Å². The number of nitrogens with two attached hydrogens (primary N) is 1. The van der Waals surface area contributed by atoms with E-state index < -0.39 is 0 Å². The van der Waals surface area contributed by atoms with Crippen LogP contribution in [0.25, 0.3) is 38.9 Å². The second-order valence-electron chi connectivity index (χ2n) is 8.93. The third kappa shape index (κ3) is 3.74. The Morgan fingerprint density at radius 2 is 1.70 bits per heavy atom. The Labute approximate surface area is 193 Å². The van der Waals surface area contributed by atoms with Crippen molar-refractivity contribution in [2.24, 2.45) is 5.92 Å². The van der Waals surface area contributed by atoms with E-state index in [1.54, 1.807) is 0 Å². The molecule has 0 atom stereocenters. The molecule has 3 aromatic heterocycles. The normalized spacial score (nSPS) is 14.8. The predicted molar refractivity (Wildman–Crippen MR) is 135 cm³/mol. The van der Waals surface area contributed by atoms with Crippen molar-refractivity contribution in [1.29, 1.82) is 0 Å². The van der Waals surface area contributed by atoms with Gasteiger partial charge in [0.1, 0.15) is 5.82 Å². The van der Waals surface area contributed by atoms with Gasteiger partial charge in [-0.2, -0.15) is 0 Å². The van der Waals surface area contributed by atoms with Crippen molar-refractivity contribution in [2.45, 2.75) is 19.3 Å². The summed E-state index contributed by atoms with van der Waals surface area (Å²) in [4.78, 5) is 10.1. The van der Waals surface area contributed by atoms with Crippen LogP contribution in [-0.4, -0.2) is 27.5 Å². The van der Waals surface area contributed by atoms with Crippen LogP contribution in [0.1, 0.15) is 18.7 Å². The molecule has 1 aliphatic heterocycles. The van der Waals surface area contributed by atoms with Crippen LogP contribution < -0.4 is 11.1 Å².